The number of carbonyl (C=O) groups is 1. The SMILES string of the molecule is O=C(O)c1c(-c2ccccc2)oc2ccc(-c3ccnnn3)c(-c3ccnnn3)c2c1=O. The van der Waals surface area contributed by atoms with Gasteiger partial charge in [-0.3, -0.25) is 4.79 Å². The van der Waals surface area contributed by atoms with E-state index in [1.165, 1.54) is 12.4 Å². The zero-order valence-electron chi connectivity index (χ0n) is 16.2. The van der Waals surface area contributed by atoms with Gasteiger partial charge >= 0.3 is 5.97 Å². The van der Waals surface area contributed by atoms with Crippen molar-refractivity contribution in [3.8, 4) is 33.8 Å². The molecule has 0 unspecified atom stereocenters. The van der Waals surface area contributed by atoms with Crippen molar-refractivity contribution in [2.24, 2.45) is 0 Å². The highest BCUT2D eigenvalue weighted by Crippen LogP contribution is 2.36. The van der Waals surface area contributed by atoms with Gasteiger partial charge in [0.1, 0.15) is 5.58 Å². The van der Waals surface area contributed by atoms with Crippen LogP contribution in [0, 0.1) is 0 Å². The summed E-state index contributed by atoms with van der Waals surface area (Å²) in [6.45, 7) is 0. The van der Waals surface area contributed by atoms with E-state index >= 15 is 0 Å². The topological polar surface area (TPSA) is 145 Å². The summed E-state index contributed by atoms with van der Waals surface area (Å²) in [4.78, 5) is 25.7. The van der Waals surface area contributed by atoms with Crippen molar-refractivity contribution in [1.29, 1.82) is 0 Å². The number of benzene rings is 2. The molecule has 0 aliphatic heterocycles. The summed E-state index contributed by atoms with van der Waals surface area (Å²) < 4.78 is 5.98. The third-order valence-electron chi connectivity index (χ3n) is 4.85. The normalized spacial score (nSPS) is 10.9. The first kappa shape index (κ1) is 19.1. The summed E-state index contributed by atoms with van der Waals surface area (Å²) in [5, 5.41) is 32.6. The quantitative estimate of drug-likeness (QED) is 0.457. The van der Waals surface area contributed by atoms with Crippen LogP contribution in [0.25, 0.3) is 44.8 Å². The average molecular weight is 424 g/mol. The molecule has 10 heteroatoms. The highest BCUT2D eigenvalue weighted by Gasteiger charge is 2.26. The van der Waals surface area contributed by atoms with Gasteiger partial charge in [-0.2, -0.15) is 0 Å². The smallest absolute Gasteiger partial charge is 0.343 e. The van der Waals surface area contributed by atoms with Crippen molar-refractivity contribution in [2.45, 2.75) is 0 Å². The third kappa shape index (κ3) is 3.16. The minimum atomic E-state index is -1.40. The predicted octanol–water partition coefficient (Wildman–Crippen LogP) is 2.86. The molecule has 3 aromatic heterocycles. The van der Waals surface area contributed by atoms with Crippen LogP contribution in [0.15, 0.2) is 76.2 Å². The van der Waals surface area contributed by atoms with Crippen LogP contribution in [0.4, 0.5) is 0 Å². The third-order valence-corrected chi connectivity index (χ3v) is 4.85. The highest BCUT2D eigenvalue weighted by atomic mass is 16.4. The molecule has 0 saturated heterocycles. The van der Waals surface area contributed by atoms with Crippen LogP contribution in [0.1, 0.15) is 10.4 Å². The number of rotatable bonds is 4. The lowest BCUT2D eigenvalue weighted by atomic mass is 9.95. The van der Waals surface area contributed by atoms with E-state index in [1.807, 2.05) is 0 Å². The summed E-state index contributed by atoms with van der Waals surface area (Å²) in [7, 11) is 0. The maximum Gasteiger partial charge on any atom is 0.343 e. The van der Waals surface area contributed by atoms with E-state index in [2.05, 4.69) is 30.8 Å². The fraction of sp³-hybridized carbons (Fsp3) is 0. The fourth-order valence-electron chi connectivity index (χ4n) is 3.51. The molecule has 0 atom stereocenters. The molecule has 0 saturated carbocycles. The van der Waals surface area contributed by atoms with Crippen molar-refractivity contribution in [1.82, 2.24) is 30.8 Å². The Kier molecular flexibility index (Phi) is 4.64. The number of nitrogens with zero attached hydrogens (tertiary/aromatic N) is 6. The van der Waals surface area contributed by atoms with E-state index in [0.717, 1.165) is 0 Å². The van der Waals surface area contributed by atoms with Crippen LogP contribution in [0.3, 0.4) is 0 Å². The van der Waals surface area contributed by atoms with Crippen LogP contribution in [0.5, 0.6) is 0 Å². The second-order valence-corrected chi connectivity index (χ2v) is 6.68. The molecule has 154 valence electrons. The zero-order chi connectivity index (χ0) is 22.1. The summed E-state index contributed by atoms with van der Waals surface area (Å²) in [6, 6.07) is 15.1. The molecule has 0 spiro atoms. The first-order chi connectivity index (χ1) is 15.6. The lowest BCUT2D eigenvalue weighted by Gasteiger charge is -2.13. The van der Waals surface area contributed by atoms with E-state index in [-0.39, 0.29) is 16.7 Å². The molecule has 5 rings (SSSR count). The largest absolute Gasteiger partial charge is 0.477 e. The minimum absolute atomic E-state index is 0.0289. The van der Waals surface area contributed by atoms with Crippen LogP contribution < -0.4 is 5.43 Å². The number of carboxylic acid groups (broad SMARTS) is 1. The van der Waals surface area contributed by atoms with Crippen LogP contribution in [-0.2, 0) is 0 Å². The predicted molar refractivity (Wildman–Crippen MR) is 113 cm³/mol. The van der Waals surface area contributed by atoms with Gasteiger partial charge in [-0.15, -0.1) is 20.4 Å². The Bertz CT molecular complexity index is 1510. The maximum absolute atomic E-state index is 13.6. The van der Waals surface area contributed by atoms with E-state index in [0.29, 0.717) is 28.1 Å². The first-order valence-corrected chi connectivity index (χ1v) is 9.37. The molecule has 1 N–H and O–H groups in total. The van der Waals surface area contributed by atoms with Gasteiger partial charge in [-0.1, -0.05) is 30.3 Å². The molecule has 5 aromatic rings. The van der Waals surface area contributed by atoms with Crippen molar-refractivity contribution < 1.29 is 14.3 Å². The molecular weight excluding hydrogens is 412 g/mol. The number of aromatic nitrogens is 6. The Morgan fingerprint density at radius 2 is 1.53 bits per heavy atom. The minimum Gasteiger partial charge on any atom is -0.477 e. The van der Waals surface area contributed by atoms with Gasteiger partial charge in [0.25, 0.3) is 0 Å². The molecule has 0 amide bonds. The van der Waals surface area contributed by atoms with Crippen LogP contribution >= 0.6 is 0 Å². The van der Waals surface area contributed by atoms with Crippen molar-refractivity contribution in [3.05, 3.63) is 82.8 Å². The Hall–Kier alpha value is -4.86. The molecule has 0 fully saturated rings. The molecule has 0 bridgehead atoms. The molecule has 0 radical (unpaired) electrons. The van der Waals surface area contributed by atoms with Crippen LogP contribution in [0.2, 0.25) is 0 Å². The van der Waals surface area contributed by atoms with E-state index in [9.17, 15) is 14.7 Å². The highest BCUT2D eigenvalue weighted by molar-refractivity contribution is 6.05. The number of fused-ring (bicyclic) bond motifs is 1. The van der Waals surface area contributed by atoms with Gasteiger partial charge in [0.15, 0.2) is 11.3 Å². The summed E-state index contributed by atoms with van der Waals surface area (Å²) in [5.41, 5.74) is 0.989. The van der Waals surface area contributed by atoms with E-state index < -0.39 is 17.0 Å². The van der Waals surface area contributed by atoms with Crippen molar-refractivity contribution in [2.75, 3.05) is 0 Å². The molecular formula is C22H12N6O4. The van der Waals surface area contributed by atoms with Gasteiger partial charge in [0.05, 0.1) is 29.2 Å². The number of hydrogen-bond donors (Lipinski definition) is 1. The van der Waals surface area contributed by atoms with Gasteiger partial charge in [0, 0.05) is 16.7 Å². The summed E-state index contributed by atoms with van der Waals surface area (Å²) in [6.07, 6.45) is 2.87. The number of aromatic carboxylic acids is 1. The Morgan fingerprint density at radius 3 is 2.16 bits per heavy atom. The Balaban J connectivity index is 1.94. The van der Waals surface area contributed by atoms with Gasteiger partial charge in [0.2, 0.25) is 5.43 Å². The summed E-state index contributed by atoms with van der Waals surface area (Å²) in [5.74, 6) is -1.43. The van der Waals surface area contributed by atoms with Gasteiger partial charge in [-0.05, 0) is 34.7 Å². The number of carboxylic acids is 1. The molecule has 0 aliphatic rings. The Labute approximate surface area is 179 Å². The fourth-order valence-corrected chi connectivity index (χ4v) is 3.51. The second kappa shape index (κ2) is 7.76. The lowest BCUT2D eigenvalue weighted by molar-refractivity contribution is 0.0694. The monoisotopic (exact) mass is 424 g/mol. The van der Waals surface area contributed by atoms with E-state index in [1.54, 1.807) is 54.6 Å². The maximum atomic E-state index is 13.6. The van der Waals surface area contributed by atoms with Gasteiger partial charge < -0.3 is 9.52 Å². The molecule has 2 aromatic carbocycles. The van der Waals surface area contributed by atoms with Crippen molar-refractivity contribution in [3.63, 3.8) is 0 Å². The van der Waals surface area contributed by atoms with Gasteiger partial charge in [-0.25, -0.2) is 4.79 Å². The molecule has 3 heterocycles. The standard InChI is InChI=1S/C22H12N6O4/c29-20-18-16(32-21(19(20)22(30)31)12-4-2-1-3-5-12)7-6-13(14-8-10-23-27-25-14)17(18)15-9-11-24-28-26-15/h1-11H,(H,30,31). The van der Waals surface area contributed by atoms with E-state index in [4.69, 9.17) is 4.42 Å². The molecule has 10 nitrogen and oxygen atoms in total. The van der Waals surface area contributed by atoms with Crippen molar-refractivity contribution >= 4 is 16.9 Å². The first-order valence-electron chi connectivity index (χ1n) is 9.37. The zero-order valence-corrected chi connectivity index (χ0v) is 16.2. The Morgan fingerprint density at radius 1 is 0.844 bits per heavy atom. The molecule has 32 heavy (non-hydrogen) atoms. The average Bonchev–Trinajstić information content (AvgIpc) is 2.84. The second-order valence-electron chi connectivity index (χ2n) is 6.68. The lowest BCUT2D eigenvalue weighted by Crippen LogP contribution is -2.17. The molecule has 0 aliphatic carbocycles. The summed E-state index contributed by atoms with van der Waals surface area (Å²) >= 11 is 0. The van der Waals surface area contributed by atoms with Crippen LogP contribution in [-0.4, -0.2) is 41.9 Å². The number of hydrogen-bond acceptors (Lipinski definition) is 9.